The summed E-state index contributed by atoms with van der Waals surface area (Å²) in [6, 6.07) is 4.59. The van der Waals surface area contributed by atoms with Crippen LogP contribution in [0, 0.1) is 5.92 Å². The van der Waals surface area contributed by atoms with Gasteiger partial charge in [-0.05, 0) is 18.4 Å². The van der Waals surface area contributed by atoms with Crippen molar-refractivity contribution in [2.45, 2.75) is 141 Å². The predicted octanol–water partition coefficient (Wildman–Crippen LogP) is 8.52. The second-order valence-corrected chi connectivity index (χ2v) is 14.6. The standard InChI is InChI=1S/C25H50O2Si/c1-5-8-11-14-19-28(20-15-12-9-6-2,21-16-13-10-7-3)24-18-17-23(22-24)25(26)27-4/h23-24H,5-22H2,1-4H3/t23-,24+/m1/s1. The predicted molar refractivity (Wildman–Crippen MR) is 126 cm³/mol. The zero-order valence-corrected chi connectivity index (χ0v) is 20.7. The SMILES string of the molecule is CCCCCC[Si](CCCCCC)(CCCCCC)[C@H]1CC[C@@H](C(=O)OC)C1. The zero-order chi connectivity index (χ0) is 20.7. The van der Waals surface area contributed by atoms with Gasteiger partial charge in [-0.2, -0.15) is 0 Å². The number of hydrogen-bond acceptors (Lipinski definition) is 2. The van der Waals surface area contributed by atoms with Gasteiger partial charge in [0.15, 0.2) is 0 Å². The summed E-state index contributed by atoms with van der Waals surface area (Å²) in [4.78, 5) is 12.2. The molecule has 0 aromatic rings. The Kier molecular flexibility index (Phi) is 14.3. The lowest BCUT2D eigenvalue weighted by atomic mass is 10.1. The van der Waals surface area contributed by atoms with E-state index in [0.29, 0.717) is 0 Å². The van der Waals surface area contributed by atoms with Crippen LogP contribution in [0.4, 0.5) is 0 Å². The molecule has 1 aliphatic rings. The van der Waals surface area contributed by atoms with Crippen molar-refractivity contribution >= 4 is 14.0 Å². The van der Waals surface area contributed by atoms with Crippen LogP contribution in [0.15, 0.2) is 0 Å². The van der Waals surface area contributed by atoms with Crippen LogP contribution in [-0.2, 0) is 9.53 Å². The molecule has 0 saturated heterocycles. The Hall–Kier alpha value is -0.313. The summed E-state index contributed by atoms with van der Waals surface area (Å²) in [6.45, 7) is 6.95. The lowest BCUT2D eigenvalue weighted by molar-refractivity contribution is -0.145. The fourth-order valence-electron chi connectivity index (χ4n) is 5.62. The average Bonchev–Trinajstić information content (AvgIpc) is 3.21. The topological polar surface area (TPSA) is 26.3 Å². The highest BCUT2D eigenvalue weighted by Crippen LogP contribution is 2.49. The van der Waals surface area contributed by atoms with E-state index in [1.807, 2.05) is 0 Å². The lowest BCUT2D eigenvalue weighted by Crippen LogP contribution is -2.39. The summed E-state index contributed by atoms with van der Waals surface area (Å²) < 4.78 is 5.11. The van der Waals surface area contributed by atoms with Gasteiger partial charge in [-0.15, -0.1) is 0 Å². The molecule has 0 heterocycles. The summed E-state index contributed by atoms with van der Waals surface area (Å²) in [5.41, 5.74) is 0.876. The van der Waals surface area contributed by atoms with E-state index in [1.165, 1.54) is 102 Å². The van der Waals surface area contributed by atoms with Crippen LogP contribution in [0.1, 0.15) is 117 Å². The van der Waals surface area contributed by atoms with Gasteiger partial charge in [0.2, 0.25) is 0 Å². The van der Waals surface area contributed by atoms with Crippen molar-refractivity contribution in [3.63, 3.8) is 0 Å². The molecule has 0 aromatic carbocycles. The maximum Gasteiger partial charge on any atom is 0.308 e. The molecule has 0 spiro atoms. The van der Waals surface area contributed by atoms with Crippen molar-refractivity contribution < 1.29 is 9.53 Å². The first-order valence-electron chi connectivity index (χ1n) is 12.7. The summed E-state index contributed by atoms with van der Waals surface area (Å²) in [7, 11) is 0.249. The first-order valence-corrected chi connectivity index (χ1v) is 15.4. The highest BCUT2D eigenvalue weighted by molar-refractivity contribution is 6.81. The normalized spacial score (nSPS) is 19.9. The fourth-order valence-corrected chi connectivity index (χ4v) is 12.0. The van der Waals surface area contributed by atoms with E-state index < -0.39 is 8.07 Å². The maximum atomic E-state index is 12.2. The van der Waals surface area contributed by atoms with Crippen molar-refractivity contribution in [2.24, 2.45) is 5.92 Å². The van der Waals surface area contributed by atoms with Crippen LogP contribution in [0.3, 0.4) is 0 Å². The number of ether oxygens (including phenoxy) is 1. The fraction of sp³-hybridized carbons (Fsp3) is 0.960. The first kappa shape index (κ1) is 25.7. The van der Waals surface area contributed by atoms with Crippen molar-refractivity contribution in [2.75, 3.05) is 7.11 Å². The van der Waals surface area contributed by atoms with Crippen LogP contribution in [0.25, 0.3) is 0 Å². The number of carbonyl (C=O) groups is 1. The van der Waals surface area contributed by atoms with Crippen molar-refractivity contribution in [1.29, 1.82) is 0 Å². The van der Waals surface area contributed by atoms with Gasteiger partial charge in [0.25, 0.3) is 0 Å². The summed E-state index contributed by atoms with van der Waals surface area (Å²) in [6.07, 6.45) is 20.3. The number of hydrogen-bond donors (Lipinski definition) is 0. The molecular weight excluding hydrogens is 360 g/mol. The smallest absolute Gasteiger partial charge is 0.308 e. The third-order valence-electron chi connectivity index (χ3n) is 7.42. The van der Waals surface area contributed by atoms with Gasteiger partial charge in [0.1, 0.15) is 0 Å². The quantitative estimate of drug-likeness (QED) is 0.136. The van der Waals surface area contributed by atoms with Crippen LogP contribution in [0.2, 0.25) is 23.7 Å². The second kappa shape index (κ2) is 15.5. The Balaban J connectivity index is 2.84. The maximum absolute atomic E-state index is 12.2. The van der Waals surface area contributed by atoms with Crippen molar-refractivity contribution in [3.8, 4) is 0 Å². The molecule has 28 heavy (non-hydrogen) atoms. The summed E-state index contributed by atoms with van der Waals surface area (Å²) >= 11 is 0. The van der Waals surface area contributed by atoms with Crippen LogP contribution >= 0.6 is 0 Å². The summed E-state index contributed by atoms with van der Waals surface area (Å²) in [5.74, 6) is 0.261. The Morgan fingerprint density at radius 2 is 1.21 bits per heavy atom. The van der Waals surface area contributed by atoms with Crippen LogP contribution in [0.5, 0.6) is 0 Å². The minimum absolute atomic E-state index is 0.0633. The van der Waals surface area contributed by atoms with E-state index in [0.717, 1.165) is 18.4 Å². The zero-order valence-electron chi connectivity index (χ0n) is 19.7. The van der Waals surface area contributed by atoms with Crippen LogP contribution < -0.4 is 0 Å². The molecule has 1 fully saturated rings. The molecule has 3 heteroatoms. The number of methoxy groups -OCH3 is 1. The molecule has 2 nitrogen and oxygen atoms in total. The molecule has 0 bridgehead atoms. The molecule has 0 amide bonds. The number of unbranched alkanes of at least 4 members (excludes halogenated alkanes) is 9. The third-order valence-corrected chi connectivity index (χ3v) is 13.7. The van der Waals surface area contributed by atoms with Gasteiger partial charge in [-0.25, -0.2) is 0 Å². The molecule has 0 aliphatic heterocycles. The molecule has 1 rings (SSSR count). The molecule has 1 aliphatic carbocycles. The van der Waals surface area contributed by atoms with E-state index in [1.54, 1.807) is 7.11 Å². The molecule has 1 saturated carbocycles. The van der Waals surface area contributed by atoms with E-state index in [4.69, 9.17) is 4.74 Å². The Bertz CT molecular complexity index is 365. The lowest BCUT2D eigenvalue weighted by Gasteiger charge is -2.38. The molecule has 0 N–H and O–H groups in total. The van der Waals surface area contributed by atoms with Crippen LogP contribution in [-0.4, -0.2) is 21.2 Å². The first-order chi connectivity index (χ1) is 13.6. The summed E-state index contributed by atoms with van der Waals surface area (Å²) in [5, 5.41) is 0. The molecule has 0 aromatic heterocycles. The molecular formula is C25H50O2Si. The second-order valence-electron chi connectivity index (χ2n) is 9.52. The highest BCUT2D eigenvalue weighted by atomic mass is 28.3. The van der Waals surface area contributed by atoms with Gasteiger partial charge >= 0.3 is 5.97 Å². The number of carbonyl (C=O) groups excluding carboxylic acids is 1. The van der Waals surface area contributed by atoms with E-state index in [-0.39, 0.29) is 11.9 Å². The van der Waals surface area contributed by atoms with Crippen molar-refractivity contribution in [3.05, 3.63) is 0 Å². The Morgan fingerprint density at radius 1 is 0.750 bits per heavy atom. The van der Waals surface area contributed by atoms with Gasteiger partial charge in [0, 0.05) is 0 Å². The third kappa shape index (κ3) is 9.01. The monoisotopic (exact) mass is 410 g/mol. The van der Waals surface area contributed by atoms with Gasteiger partial charge in [0.05, 0.1) is 21.1 Å². The van der Waals surface area contributed by atoms with Gasteiger partial charge < -0.3 is 4.74 Å². The van der Waals surface area contributed by atoms with E-state index >= 15 is 0 Å². The van der Waals surface area contributed by atoms with E-state index in [9.17, 15) is 4.79 Å². The Labute approximate surface area is 177 Å². The van der Waals surface area contributed by atoms with Gasteiger partial charge in [-0.1, -0.05) is 122 Å². The number of esters is 1. The van der Waals surface area contributed by atoms with E-state index in [2.05, 4.69) is 20.8 Å². The minimum atomic E-state index is -1.32. The van der Waals surface area contributed by atoms with Crippen molar-refractivity contribution in [1.82, 2.24) is 0 Å². The highest BCUT2D eigenvalue weighted by Gasteiger charge is 2.44. The molecule has 166 valence electrons. The number of rotatable bonds is 17. The molecule has 0 radical (unpaired) electrons. The Morgan fingerprint density at radius 3 is 1.61 bits per heavy atom. The van der Waals surface area contributed by atoms with Gasteiger partial charge in [-0.3, -0.25) is 4.79 Å². The molecule has 2 atom stereocenters. The molecule has 0 unspecified atom stereocenters. The largest absolute Gasteiger partial charge is 0.469 e. The average molecular weight is 411 g/mol. The minimum Gasteiger partial charge on any atom is -0.469 e.